The highest BCUT2D eigenvalue weighted by Crippen LogP contribution is 2.42. The zero-order chi connectivity index (χ0) is 44.0. The Bertz CT molecular complexity index is 2140. The first-order chi connectivity index (χ1) is 29.7. The minimum Gasteiger partial charge on any atom is -0.490 e. The van der Waals surface area contributed by atoms with Crippen molar-refractivity contribution in [2.75, 3.05) is 54.8 Å². The van der Waals surface area contributed by atoms with Crippen LogP contribution in [0.4, 0.5) is 31.6 Å². The minimum absolute atomic E-state index is 0.00583. The predicted octanol–water partition coefficient (Wildman–Crippen LogP) is 8.84. The lowest BCUT2D eigenvalue weighted by atomic mass is 10.1. The zero-order valence-corrected chi connectivity index (χ0v) is 36.7. The van der Waals surface area contributed by atoms with E-state index < -0.39 is 23.4 Å². The fraction of sp³-hybridized carbons (Fsp3) is 0.468. The van der Waals surface area contributed by atoms with Crippen LogP contribution < -0.4 is 24.2 Å². The normalized spacial score (nSPS) is 18.0. The number of hydrogen-bond acceptors (Lipinski definition) is 13. The van der Waals surface area contributed by atoms with E-state index in [1.54, 1.807) is 53.6 Å². The smallest absolute Gasteiger partial charge is 0.425 e. The maximum atomic E-state index is 14.0. The van der Waals surface area contributed by atoms with Gasteiger partial charge in [0.25, 0.3) is 0 Å². The first-order valence-corrected chi connectivity index (χ1v) is 21.3. The molecule has 1 aromatic heterocycles. The molecule has 62 heavy (non-hydrogen) atoms. The molecule has 3 amide bonds. The second-order valence-electron chi connectivity index (χ2n) is 17.8. The number of nitrogens with zero attached hydrogens (tertiary/aromatic N) is 6. The number of hydrogen-bond donors (Lipinski definition) is 0. The van der Waals surface area contributed by atoms with Crippen molar-refractivity contribution in [3.63, 3.8) is 0 Å². The quantitative estimate of drug-likeness (QED) is 0.105. The summed E-state index contributed by atoms with van der Waals surface area (Å²) < 4.78 is 34.7. The second-order valence-corrected chi connectivity index (χ2v) is 17.8. The van der Waals surface area contributed by atoms with Crippen LogP contribution in [0.15, 0.2) is 84.9 Å². The number of carbonyl (C=O) groups is 3. The molecule has 0 saturated carbocycles. The van der Waals surface area contributed by atoms with Crippen LogP contribution in [0.2, 0.25) is 0 Å². The van der Waals surface area contributed by atoms with Crippen molar-refractivity contribution in [3.8, 4) is 22.8 Å². The number of aromatic nitrogens is 2. The van der Waals surface area contributed by atoms with Gasteiger partial charge in [-0.1, -0.05) is 48.5 Å². The Balaban J connectivity index is 1.11. The molecule has 2 atom stereocenters. The Morgan fingerprint density at radius 2 is 1.40 bits per heavy atom. The Hall–Kier alpha value is -6.09. The maximum absolute atomic E-state index is 14.0. The van der Waals surface area contributed by atoms with Gasteiger partial charge in [-0.3, -0.25) is 0 Å². The number of carbonyl (C=O) groups excluding carboxylic acids is 3. The molecule has 15 heteroatoms. The molecule has 0 unspecified atom stereocenters. The molecule has 3 aromatic carbocycles. The lowest BCUT2D eigenvalue weighted by Crippen LogP contribution is -2.54. The summed E-state index contributed by atoms with van der Waals surface area (Å²) in [4.78, 5) is 47.9. The number of amides is 3. The third kappa shape index (κ3) is 10.9. The number of piperidine rings is 1. The topological polar surface area (TPSA) is 145 Å². The second kappa shape index (κ2) is 18.9. The van der Waals surface area contributed by atoms with Gasteiger partial charge in [-0.25, -0.2) is 14.4 Å². The third-order valence-electron chi connectivity index (χ3n) is 10.8. The molecule has 2 bridgehead atoms. The Morgan fingerprint density at radius 1 is 0.758 bits per heavy atom. The summed E-state index contributed by atoms with van der Waals surface area (Å²) in [6, 6.07) is 27.3. The van der Waals surface area contributed by atoms with Gasteiger partial charge in [-0.15, -0.1) is 10.2 Å². The van der Waals surface area contributed by atoms with Crippen LogP contribution in [-0.4, -0.2) is 103 Å². The number of methoxy groups -OCH3 is 1. The average Bonchev–Trinajstić information content (AvgIpc) is 3.50. The van der Waals surface area contributed by atoms with Gasteiger partial charge in [-0.2, -0.15) is 4.90 Å². The number of fused-ring (bicyclic) bond motifs is 2. The molecule has 4 heterocycles. The van der Waals surface area contributed by atoms with Crippen LogP contribution >= 0.6 is 0 Å². The van der Waals surface area contributed by atoms with Crippen LogP contribution in [0.1, 0.15) is 72.8 Å². The fourth-order valence-corrected chi connectivity index (χ4v) is 8.09. The summed E-state index contributed by atoms with van der Waals surface area (Å²) in [6.07, 6.45) is 1.07. The Kier molecular flexibility index (Phi) is 13.4. The largest absolute Gasteiger partial charge is 0.490 e. The first-order valence-electron chi connectivity index (χ1n) is 21.3. The van der Waals surface area contributed by atoms with E-state index >= 15 is 0 Å². The third-order valence-corrected chi connectivity index (χ3v) is 10.8. The summed E-state index contributed by atoms with van der Waals surface area (Å²) in [5.74, 6) is 1.32. The molecule has 330 valence electrons. The van der Waals surface area contributed by atoms with Crippen molar-refractivity contribution < 1.29 is 42.8 Å². The Labute approximate surface area is 363 Å². The SMILES string of the molecule is COCOc1ccccc1-c1cc(N2C[C@H]3CC[C@@H](C2)N3c2cccc(OC3CCN(C(=O)OCc4ccccc4)CC3)c2)c(N(C(=O)OC(C)(C)C)C(=O)OC(C)(C)C)nn1. The van der Waals surface area contributed by atoms with Crippen molar-refractivity contribution in [1.29, 1.82) is 0 Å². The Morgan fingerprint density at radius 3 is 2.05 bits per heavy atom. The van der Waals surface area contributed by atoms with Gasteiger partial charge in [-0.05, 0) is 90.3 Å². The van der Waals surface area contributed by atoms with Crippen molar-refractivity contribution in [1.82, 2.24) is 15.1 Å². The maximum Gasteiger partial charge on any atom is 0.425 e. The highest BCUT2D eigenvalue weighted by molar-refractivity contribution is 6.11. The van der Waals surface area contributed by atoms with Gasteiger partial charge in [0.05, 0.1) is 11.4 Å². The molecular formula is C47H58N6O9. The van der Waals surface area contributed by atoms with E-state index in [0.29, 0.717) is 61.7 Å². The predicted molar refractivity (Wildman–Crippen MR) is 235 cm³/mol. The van der Waals surface area contributed by atoms with Gasteiger partial charge < -0.3 is 43.1 Å². The number of anilines is 3. The van der Waals surface area contributed by atoms with Gasteiger partial charge in [0.2, 0.25) is 0 Å². The number of para-hydroxylation sites is 1. The molecular weight excluding hydrogens is 793 g/mol. The number of benzene rings is 3. The lowest BCUT2D eigenvalue weighted by Gasteiger charge is -2.44. The highest BCUT2D eigenvalue weighted by atomic mass is 16.7. The van der Waals surface area contributed by atoms with E-state index in [1.807, 2.05) is 72.8 Å². The average molecular weight is 851 g/mol. The van der Waals surface area contributed by atoms with E-state index in [-0.39, 0.29) is 43.5 Å². The molecule has 3 aliphatic rings. The number of likely N-dealkylation sites (tertiary alicyclic amines) is 1. The molecule has 0 aliphatic carbocycles. The molecule has 0 spiro atoms. The summed E-state index contributed by atoms with van der Waals surface area (Å²) in [5.41, 5.74) is 1.85. The van der Waals surface area contributed by atoms with E-state index in [0.717, 1.165) is 34.7 Å². The highest BCUT2D eigenvalue weighted by Gasteiger charge is 2.43. The summed E-state index contributed by atoms with van der Waals surface area (Å²) in [7, 11) is 1.55. The standard InChI is InChI=1S/C47H58N6O9/c1-46(2,3)61-44(55)53(45(56)62-47(4,5)6)42-40(27-39(48-49-42)38-18-11-12-19-41(38)59-31-57-7)51-28-34-20-21-35(29-51)52(34)33-16-13-17-37(26-33)60-36-22-24-50(25-23-36)43(54)58-30-32-14-9-8-10-15-32/h8-19,26-27,34-36H,20-25,28-31H2,1-7H3/t34-,35+. The summed E-state index contributed by atoms with van der Waals surface area (Å²) >= 11 is 0. The minimum atomic E-state index is -0.925. The number of piperazine rings is 1. The van der Waals surface area contributed by atoms with Gasteiger partial charge >= 0.3 is 18.3 Å². The fourth-order valence-electron chi connectivity index (χ4n) is 8.09. The number of rotatable bonds is 11. The van der Waals surface area contributed by atoms with Gasteiger partial charge in [0.15, 0.2) is 12.6 Å². The molecule has 7 rings (SSSR count). The van der Waals surface area contributed by atoms with Crippen LogP contribution in [0, 0.1) is 0 Å². The molecule has 0 radical (unpaired) electrons. The van der Waals surface area contributed by atoms with Crippen LogP contribution in [0.5, 0.6) is 11.5 Å². The number of ether oxygens (including phenoxy) is 6. The van der Waals surface area contributed by atoms with Crippen molar-refractivity contribution in [2.24, 2.45) is 0 Å². The number of imide groups is 1. The molecule has 3 fully saturated rings. The molecule has 15 nitrogen and oxygen atoms in total. The van der Waals surface area contributed by atoms with Crippen LogP contribution in [0.3, 0.4) is 0 Å². The van der Waals surface area contributed by atoms with Crippen molar-refractivity contribution >= 4 is 35.5 Å². The van der Waals surface area contributed by atoms with E-state index in [4.69, 9.17) is 28.4 Å². The summed E-state index contributed by atoms with van der Waals surface area (Å²) in [6.45, 7) is 12.9. The molecule has 4 aromatic rings. The van der Waals surface area contributed by atoms with Crippen molar-refractivity contribution in [3.05, 3.63) is 90.5 Å². The monoisotopic (exact) mass is 850 g/mol. The first kappa shape index (κ1) is 44.0. The zero-order valence-electron chi connectivity index (χ0n) is 36.7. The summed E-state index contributed by atoms with van der Waals surface area (Å²) in [5, 5.41) is 9.15. The molecule has 3 aliphatic heterocycles. The van der Waals surface area contributed by atoms with E-state index in [1.165, 1.54) is 0 Å². The molecule has 3 saturated heterocycles. The van der Waals surface area contributed by atoms with Crippen LogP contribution in [-0.2, 0) is 25.6 Å². The van der Waals surface area contributed by atoms with Gasteiger partial charge in [0.1, 0.15) is 35.4 Å². The van der Waals surface area contributed by atoms with Crippen molar-refractivity contribution in [2.45, 2.75) is 103 Å². The van der Waals surface area contributed by atoms with Gasteiger partial charge in [0, 0.05) is 75.5 Å². The molecule has 0 N–H and O–H groups in total. The van der Waals surface area contributed by atoms with Crippen LogP contribution in [0.25, 0.3) is 11.3 Å². The van der Waals surface area contributed by atoms with E-state index in [9.17, 15) is 14.4 Å². The lowest BCUT2D eigenvalue weighted by molar-refractivity contribution is 0.0427. The van der Waals surface area contributed by atoms with E-state index in [2.05, 4.69) is 32.1 Å².